The Hall–Kier alpha value is -3.68. The standard InChI is InChI=1S/C25H30N2O6/c1-3-4-5-16-32-21-12-10-19(11-13-21)22(28)14-15-24(30)33-17-23(29)26-27-25(31)20-8-6-18(2)7-9-20/h6-13H,3-5,14-17H2,1-2H3,(H,26,29)(H,27,31). The van der Waals surface area contributed by atoms with Crippen molar-refractivity contribution in [2.45, 2.75) is 46.0 Å². The van der Waals surface area contributed by atoms with Gasteiger partial charge in [-0.25, -0.2) is 0 Å². The molecular weight excluding hydrogens is 424 g/mol. The smallest absolute Gasteiger partial charge is 0.306 e. The fourth-order valence-corrected chi connectivity index (χ4v) is 2.80. The summed E-state index contributed by atoms with van der Waals surface area (Å²) in [5.41, 5.74) is 6.28. The minimum atomic E-state index is -0.690. The highest BCUT2D eigenvalue weighted by Crippen LogP contribution is 2.15. The van der Waals surface area contributed by atoms with Gasteiger partial charge in [-0.05, 0) is 49.7 Å². The summed E-state index contributed by atoms with van der Waals surface area (Å²) in [6, 6.07) is 13.6. The van der Waals surface area contributed by atoms with Crippen molar-refractivity contribution in [3.05, 3.63) is 65.2 Å². The van der Waals surface area contributed by atoms with E-state index in [4.69, 9.17) is 9.47 Å². The molecule has 0 aliphatic heterocycles. The lowest BCUT2D eigenvalue weighted by Crippen LogP contribution is -2.43. The van der Waals surface area contributed by atoms with E-state index in [9.17, 15) is 19.2 Å². The van der Waals surface area contributed by atoms with Crippen LogP contribution in [0.2, 0.25) is 0 Å². The van der Waals surface area contributed by atoms with Crippen molar-refractivity contribution < 1.29 is 28.7 Å². The minimum Gasteiger partial charge on any atom is -0.494 e. The van der Waals surface area contributed by atoms with Crippen molar-refractivity contribution in [1.29, 1.82) is 0 Å². The number of ether oxygens (including phenoxy) is 2. The minimum absolute atomic E-state index is 0.0404. The van der Waals surface area contributed by atoms with Gasteiger partial charge in [-0.3, -0.25) is 30.0 Å². The van der Waals surface area contributed by atoms with Crippen molar-refractivity contribution in [2.24, 2.45) is 0 Å². The first-order valence-electron chi connectivity index (χ1n) is 11.0. The molecule has 0 fully saturated rings. The number of Topliss-reactive ketones (excluding diaryl/α,β-unsaturated/α-hetero) is 1. The number of unbranched alkanes of at least 4 members (excludes halogenated alkanes) is 2. The van der Waals surface area contributed by atoms with Crippen molar-refractivity contribution in [1.82, 2.24) is 10.9 Å². The lowest BCUT2D eigenvalue weighted by Gasteiger charge is -2.08. The quantitative estimate of drug-likeness (QED) is 0.220. The van der Waals surface area contributed by atoms with Gasteiger partial charge in [0.25, 0.3) is 11.8 Å². The summed E-state index contributed by atoms with van der Waals surface area (Å²) in [5.74, 6) is -1.37. The molecule has 176 valence electrons. The number of benzene rings is 2. The molecule has 33 heavy (non-hydrogen) atoms. The summed E-state index contributed by atoms with van der Waals surface area (Å²) in [5, 5.41) is 0. The lowest BCUT2D eigenvalue weighted by atomic mass is 10.1. The number of ketones is 1. The molecule has 0 saturated heterocycles. The highest BCUT2D eigenvalue weighted by atomic mass is 16.5. The number of carbonyl (C=O) groups is 4. The van der Waals surface area contributed by atoms with Crippen molar-refractivity contribution in [3.8, 4) is 5.75 Å². The number of rotatable bonds is 12. The predicted molar refractivity (Wildman–Crippen MR) is 123 cm³/mol. The van der Waals surface area contributed by atoms with Crippen molar-refractivity contribution >= 4 is 23.6 Å². The van der Waals surface area contributed by atoms with Crippen molar-refractivity contribution in [2.75, 3.05) is 13.2 Å². The fourth-order valence-electron chi connectivity index (χ4n) is 2.80. The van der Waals surface area contributed by atoms with Gasteiger partial charge in [-0.1, -0.05) is 37.5 Å². The van der Waals surface area contributed by atoms with Crippen LogP contribution in [0.25, 0.3) is 0 Å². The molecule has 0 radical (unpaired) electrons. The maximum Gasteiger partial charge on any atom is 0.306 e. The van der Waals surface area contributed by atoms with Gasteiger partial charge >= 0.3 is 5.97 Å². The van der Waals surface area contributed by atoms with Gasteiger partial charge in [0.1, 0.15) is 5.75 Å². The van der Waals surface area contributed by atoms with Gasteiger partial charge < -0.3 is 9.47 Å². The number of esters is 1. The Kier molecular flexibility index (Phi) is 10.6. The molecule has 8 nitrogen and oxygen atoms in total. The lowest BCUT2D eigenvalue weighted by molar-refractivity contribution is -0.148. The Morgan fingerprint density at radius 1 is 0.818 bits per heavy atom. The molecule has 0 aromatic heterocycles. The van der Waals surface area contributed by atoms with Crippen LogP contribution in [-0.2, 0) is 14.3 Å². The molecule has 0 aliphatic rings. The number of hydrogen-bond donors (Lipinski definition) is 2. The summed E-state index contributed by atoms with van der Waals surface area (Å²) >= 11 is 0. The Balaban J connectivity index is 1.64. The van der Waals surface area contributed by atoms with Crippen LogP contribution in [0, 0.1) is 6.92 Å². The molecule has 0 atom stereocenters. The summed E-state index contributed by atoms with van der Waals surface area (Å²) in [7, 11) is 0. The van der Waals surface area contributed by atoms with E-state index in [0.29, 0.717) is 23.5 Å². The normalized spacial score (nSPS) is 10.2. The summed E-state index contributed by atoms with van der Waals surface area (Å²) in [4.78, 5) is 47.8. The molecule has 0 unspecified atom stereocenters. The van der Waals surface area contributed by atoms with Crippen LogP contribution in [0.15, 0.2) is 48.5 Å². The molecule has 2 amide bonds. The third-order valence-corrected chi connectivity index (χ3v) is 4.74. The Bertz CT molecular complexity index is 938. The second kappa shape index (κ2) is 13.7. The first-order chi connectivity index (χ1) is 15.9. The second-order valence-corrected chi connectivity index (χ2v) is 7.53. The molecular formula is C25H30N2O6. The molecule has 2 aromatic rings. The average Bonchev–Trinajstić information content (AvgIpc) is 2.83. The largest absolute Gasteiger partial charge is 0.494 e. The fraction of sp³-hybridized carbons (Fsp3) is 0.360. The highest BCUT2D eigenvalue weighted by Gasteiger charge is 2.13. The maximum absolute atomic E-state index is 12.3. The Morgan fingerprint density at radius 3 is 2.15 bits per heavy atom. The van der Waals surface area contributed by atoms with E-state index in [0.717, 1.165) is 24.8 Å². The summed E-state index contributed by atoms with van der Waals surface area (Å²) < 4.78 is 10.5. The van der Waals surface area contributed by atoms with E-state index >= 15 is 0 Å². The number of nitrogens with one attached hydrogen (secondary N) is 2. The molecule has 0 spiro atoms. The average molecular weight is 455 g/mol. The predicted octanol–water partition coefficient (Wildman–Crippen LogP) is 3.53. The number of aryl methyl sites for hydroxylation is 1. The van der Waals surface area contributed by atoms with Crippen LogP contribution >= 0.6 is 0 Å². The molecule has 8 heteroatoms. The monoisotopic (exact) mass is 454 g/mol. The first-order valence-corrected chi connectivity index (χ1v) is 11.0. The third-order valence-electron chi connectivity index (χ3n) is 4.74. The van der Waals surface area contributed by atoms with Gasteiger partial charge in [0.2, 0.25) is 0 Å². The number of hydrazine groups is 1. The number of carbonyl (C=O) groups excluding carboxylic acids is 4. The van der Waals surface area contributed by atoms with Crippen LogP contribution in [0.1, 0.15) is 65.3 Å². The molecule has 0 saturated carbocycles. The van der Waals surface area contributed by atoms with Gasteiger partial charge in [0, 0.05) is 17.5 Å². The number of hydrogen-bond acceptors (Lipinski definition) is 6. The molecule has 2 N–H and O–H groups in total. The second-order valence-electron chi connectivity index (χ2n) is 7.53. The molecule has 0 heterocycles. The van der Waals surface area contributed by atoms with Crippen LogP contribution < -0.4 is 15.6 Å². The van der Waals surface area contributed by atoms with E-state index in [1.165, 1.54) is 0 Å². The zero-order valence-corrected chi connectivity index (χ0v) is 19.0. The highest BCUT2D eigenvalue weighted by molar-refractivity contribution is 5.98. The van der Waals surface area contributed by atoms with E-state index in [1.807, 2.05) is 6.92 Å². The molecule has 0 aliphatic carbocycles. The Labute approximate surface area is 193 Å². The van der Waals surface area contributed by atoms with E-state index in [2.05, 4.69) is 17.8 Å². The molecule has 2 rings (SSSR count). The van der Waals surface area contributed by atoms with Crippen LogP contribution in [0.5, 0.6) is 5.75 Å². The van der Waals surface area contributed by atoms with Gasteiger partial charge in [0.15, 0.2) is 12.4 Å². The van der Waals surface area contributed by atoms with Crippen LogP contribution in [0.3, 0.4) is 0 Å². The van der Waals surface area contributed by atoms with Crippen LogP contribution in [0.4, 0.5) is 0 Å². The summed E-state index contributed by atoms with van der Waals surface area (Å²) in [6.07, 6.45) is 3.01. The van der Waals surface area contributed by atoms with E-state index in [-0.39, 0.29) is 18.6 Å². The van der Waals surface area contributed by atoms with E-state index < -0.39 is 24.4 Å². The Morgan fingerprint density at radius 2 is 1.48 bits per heavy atom. The van der Waals surface area contributed by atoms with Gasteiger partial charge in [-0.15, -0.1) is 0 Å². The maximum atomic E-state index is 12.3. The zero-order chi connectivity index (χ0) is 24.1. The van der Waals surface area contributed by atoms with Gasteiger partial charge in [-0.2, -0.15) is 0 Å². The summed E-state index contributed by atoms with van der Waals surface area (Å²) in [6.45, 7) is 4.09. The SMILES string of the molecule is CCCCCOc1ccc(C(=O)CCC(=O)OCC(=O)NNC(=O)c2ccc(C)cc2)cc1. The first kappa shape index (κ1) is 25.6. The third kappa shape index (κ3) is 9.55. The van der Waals surface area contributed by atoms with E-state index in [1.54, 1.807) is 48.5 Å². The van der Waals surface area contributed by atoms with Gasteiger partial charge in [0.05, 0.1) is 13.0 Å². The number of amides is 2. The molecule has 2 aromatic carbocycles. The van der Waals surface area contributed by atoms with Crippen LogP contribution in [-0.4, -0.2) is 36.8 Å². The molecule has 0 bridgehead atoms. The zero-order valence-electron chi connectivity index (χ0n) is 19.0. The van der Waals surface area contributed by atoms with Crippen molar-refractivity contribution in [3.63, 3.8) is 0 Å². The topological polar surface area (TPSA) is 111 Å².